The van der Waals surface area contributed by atoms with Crippen molar-refractivity contribution in [3.8, 4) is 17.2 Å². The lowest BCUT2D eigenvalue weighted by Gasteiger charge is -2.15. The van der Waals surface area contributed by atoms with E-state index in [0.717, 1.165) is 12.0 Å². The van der Waals surface area contributed by atoms with E-state index in [1.54, 1.807) is 21.3 Å². The highest BCUT2D eigenvalue weighted by Gasteiger charge is 2.13. The van der Waals surface area contributed by atoms with Crippen LogP contribution in [0.1, 0.15) is 12.0 Å². The molecule has 0 aliphatic carbocycles. The van der Waals surface area contributed by atoms with Gasteiger partial charge in [0.2, 0.25) is 5.75 Å². The van der Waals surface area contributed by atoms with Crippen LogP contribution in [0.25, 0.3) is 0 Å². The lowest BCUT2D eigenvalue weighted by molar-refractivity contribution is 0.0792. The third-order valence-electron chi connectivity index (χ3n) is 2.87. The van der Waals surface area contributed by atoms with Gasteiger partial charge in [-0.1, -0.05) is 0 Å². The van der Waals surface area contributed by atoms with Gasteiger partial charge in [0.05, 0.1) is 20.8 Å². The highest BCUT2D eigenvalue weighted by atomic mass is 16.6. The molecule has 120 valence electrons. The van der Waals surface area contributed by atoms with E-state index >= 15 is 0 Å². The molecule has 0 atom stereocenters. The summed E-state index contributed by atoms with van der Waals surface area (Å²) < 4.78 is 26.7. The molecule has 1 rings (SSSR count). The molecule has 21 heavy (non-hydrogen) atoms. The first kappa shape index (κ1) is 17.6. The van der Waals surface area contributed by atoms with Crippen molar-refractivity contribution < 1.29 is 23.7 Å². The second-order valence-corrected chi connectivity index (χ2v) is 4.34. The van der Waals surface area contributed by atoms with Crippen LogP contribution in [-0.4, -0.2) is 47.8 Å². The van der Waals surface area contributed by atoms with Crippen molar-refractivity contribution in [2.45, 2.75) is 13.0 Å². The fourth-order valence-corrected chi connectivity index (χ4v) is 1.80. The highest BCUT2D eigenvalue weighted by molar-refractivity contribution is 5.53. The molecule has 0 fully saturated rings. The molecule has 2 N–H and O–H groups in total. The fraction of sp³-hybridized carbons (Fsp3) is 0.600. The summed E-state index contributed by atoms with van der Waals surface area (Å²) in [5.74, 6) is 1.78. The first-order valence-electron chi connectivity index (χ1n) is 6.91. The Kier molecular flexibility index (Phi) is 8.57. The third kappa shape index (κ3) is 5.79. The molecular weight excluding hydrogens is 274 g/mol. The Morgan fingerprint density at radius 1 is 0.905 bits per heavy atom. The summed E-state index contributed by atoms with van der Waals surface area (Å²) in [6, 6.07) is 3.69. The zero-order valence-electron chi connectivity index (χ0n) is 13.0. The van der Waals surface area contributed by atoms with Crippen molar-refractivity contribution in [3.05, 3.63) is 17.7 Å². The standard InChI is InChI=1S/C15H25NO5/c1-17-5-4-6-20-7-8-21-15-13(18-2)9-12(11-16)10-14(15)19-3/h9-10H,4-8,11,16H2,1-3H3. The summed E-state index contributed by atoms with van der Waals surface area (Å²) in [6.45, 7) is 2.67. The minimum absolute atomic E-state index is 0.412. The van der Waals surface area contributed by atoms with Gasteiger partial charge in [-0.25, -0.2) is 0 Å². The van der Waals surface area contributed by atoms with Gasteiger partial charge in [0.1, 0.15) is 6.61 Å². The predicted octanol–water partition coefficient (Wildman–Crippen LogP) is 1.59. The van der Waals surface area contributed by atoms with E-state index in [2.05, 4.69) is 0 Å². The molecular formula is C15H25NO5. The molecule has 6 nitrogen and oxygen atoms in total. The van der Waals surface area contributed by atoms with Gasteiger partial charge in [-0.3, -0.25) is 0 Å². The maximum atomic E-state index is 5.71. The van der Waals surface area contributed by atoms with E-state index in [9.17, 15) is 0 Å². The Balaban J connectivity index is 2.53. The molecule has 0 saturated carbocycles. The summed E-state index contributed by atoms with van der Waals surface area (Å²) in [5.41, 5.74) is 6.57. The number of nitrogens with two attached hydrogens (primary N) is 1. The quantitative estimate of drug-likeness (QED) is 0.626. The van der Waals surface area contributed by atoms with Gasteiger partial charge in [0, 0.05) is 26.9 Å². The lowest BCUT2D eigenvalue weighted by Crippen LogP contribution is -2.10. The summed E-state index contributed by atoms with van der Waals surface area (Å²) in [4.78, 5) is 0. The van der Waals surface area contributed by atoms with Crippen molar-refractivity contribution in [1.82, 2.24) is 0 Å². The molecule has 0 aromatic heterocycles. The van der Waals surface area contributed by atoms with Crippen molar-refractivity contribution in [2.24, 2.45) is 5.73 Å². The van der Waals surface area contributed by atoms with Crippen LogP contribution in [0, 0.1) is 0 Å². The minimum Gasteiger partial charge on any atom is -0.493 e. The summed E-state index contributed by atoms with van der Waals surface area (Å²) in [5, 5.41) is 0. The van der Waals surface area contributed by atoms with Gasteiger partial charge in [-0.05, 0) is 24.1 Å². The lowest BCUT2D eigenvalue weighted by atomic mass is 10.2. The Labute approximate surface area is 126 Å². The zero-order valence-corrected chi connectivity index (χ0v) is 13.0. The van der Waals surface area contributed by atoms with Gasteiger partial charge in [0.15, 0.2) is 11.5 Å². The Morgan fingerprint density at radius 3 is 2.10 bits per heavy atom. The maximum absolute atomic E-state index is 5.71. The van der Waals surface area contributed by atoms with Crippen molar-refractivity contribution in [2.75, 3.05) is 47.8 Å². The monoisotopic (exact) mass is 299 g/mol. The van der Waals surface area contributed by atoms with Crippen LogP contribution in [0.5, 0.6) is 17.2 Å². The second kappa shape index (κ2) is 10.3. The van der Waals surface area contributed by atoms with Crippen molar-refractivity contribution in [3.63, 3.8) is 0 Å². The van der Waals surface area contributed by atoms with Crippen LogP contribution in [0.15, 0.2) is 12.1 Å². The fourth-order valence-electron chi connectivity index (χ4n) is 1.80. The number of methoxy groups -OCH3 is 3. The molecule has 0 aliphatic rings. The number of rotatable bonds is 11. The third-order valence-corrected chi connectivity index (χ3v) is 2.87. The minimum atomic E-state index is 0.412. The van der Waals surface area contributed by atoms with E-state index in [4.69, 9.17) is 29.4 Å². The molecule has 1 aromatic carbocycles. The molecule has 0 aliphatic heterocycles. The first-order valence-corrected chi connectivity index (χ1v) is 6.91. The molecule has 0 saturated heterocycles. The van der Waals surface area contributed by atoms with Crippen LogP contribution in [0.2, 0.25) is 0 Å². The van der Waals surface area contributed by atoms with E-state index < -0.39 is 0 Å². The Morgan fingerprint density at radius 2 is 1.57 bits per heavy atom. The smallest absolute Gasteiger partial charge is 0.203 e. The summed E-state index contributed by atoms with van der Waals surface area (Å²) in [6.07, 6.45) is 0.869. The van der Waals surface area contributed by atoms with Crippen LogP contribution in [0.4, 0.5) is 0 Å². The molecule has 1 aromatic rings. The van der Waals surface area contributed by atoms with E-state index in [0.29, 0.717) is 50.2 Å². The van der Waals surface area contributed by atoms with Crippen LogP contribution in [0.3, 0.4) is 0 Å². The predicted molar refractivity (Wildman–Crippen MR) is 80.2 cm³/mol. The molecule has 6 heteroatoms. The Bertz CT molecular complexity index is 386. The average molecular weight is 299 g/mol. The molecule has 0 spiro atoms. The normalized spacial score (nSPS) is 10.5. The Hall–Kier alpha value is -1.50. The SMILES string of the molecule is COCCCOCCOc1c(OC)cc(CN)cc1OC. The highest BCUT2D eigenvalue weighted by Crippen LogP contribution is 2.38. The molecule has 0 heterocycles. The summed E-state index contributed by atoms with van der Waals surface area (Å²) in [7, 11) is 4.85. The van der Waals surface area contributed by atoms with E-state index in [1.165, 1.54) is 0 Å². The van der Waals surface area contributed by atoms with Crippen LogP contribution >= 0.6 is 0 Å². The van der Waals surface area contributed by atoms with Gasteiger partial charge in [0.25, 0.3) is 0 Å². The van der Waals surface area contributed by atoms with Crippen molar-refractivity contribution >= 4 is 0 Å². The van der Waals surface area contributed by atoms with Crippen LogP contribution in [-0.2, 0) is 16.0 Å². The van der Waals surface area contributed by atoms with Gasteiger partial charge in [-0.2, -0.15) is 0 Å². The number of hydrogen-bond donors (Lipinski definition) is 1. The van der Waals surface area contributed by atoms with E-state index in [1.807, 2.05) is 12.1 Å². The van der Waals surface area contributed by atoms with E-state index in [-0.39, 0.29) is 0 Å². The second-order valence-electron chi connectivity index (χ2n) is 4.34. The number of benzene rings is 1. The topological polar surface area (TPSA) is 72.2 Å². The van der Waals surface area contributed by atoms with Gasteiger partial charge >= 0.3 is 0 Å². The van der Waals surface area contributed by atoms with Crippen LogP contribution < -0.4 is 19.9 Å². The molecule has 0 amide bonds. The number of ether oxygens (including phenoxy) is 5. The zero-order chi connectivity index (χ0) is 15.5. The molecule has 0 bridgehead atoms. The van der Waals surface area contributed by atoms with Crippen molar-refractivity contribution in [1.29, 1.82) is 0 Å². The maximum Gasteiger partial charge on any atom is 0.203 e. The molecule has 0 radical (unpaired) electrons. The van der Waals surface area contributed by atoms with Gasteiger partial charge < -0.3 is 29.4 Å². The van der Waals surface area contributed by atoms with Gasteiger partial charge in [-0.15, -0.1) is 0 Å². The largest absolute Gasteiger partial charge is 0.493 e. The average Bonchev–Trinajstić information content (AvgIpc) is 2.53. The number of hydrogen-bond acceptors (Lipinski definition) is 6. The first-order chi connectivity index (χ1) is 10.3. The molecule has 0 unspecified atom stereocenters. The summed E-state index contributed by atoms with van der Waals surface area (Å²) >= 11 is 0.